The maximum atomic E-state index is 12.6. The molecule has 0 amide bonds. The van der Waals surface area contributed by atoms with Crippen LogP contribution in [0.5, 0.6) is 11.5 Å². The molecule has 0 radical (unpaired) electrons. The summed E-state index contributed by atoms with van der Waals surface area (Å²) >= 11 is 0. The van der Waals surface area contributed by atoms with E-state index < -0.39 is 11.3 Å². The van der Waals surface area contributed by atoms with Crippen LogP contribution in [0.3, 0.4) is 0 Å². The molecule has 0 aliphatic carbocycles. The van der Waals surface area contributed by atoms with Crippen molar-refractivity contribution in [2.45, 2.75) is 34.1 Å². The van der Waals surface area contributed by atoms with Crippen molar-refractivity contribution in [3.63, 3.8) is 0 Å². The number of fused-ring (bicyclic) bond motifs is 2. The van der Waals surface area contributed by atoms with Gasteiger partial charge in [0.05, 0.1) is 21.9 Å². The Bertz CT molecular complexity index is 1310. The molecule has 0 fully saturated rings. The Labute approximate surface area is 165 Å². The van der Waals surface area contributed by atoms with E-state index in [1.807, 2.05) is 12.1 Å². The van der Waals surface area contributed by atoms with Crippen molar-refractivity contribution in [2.75, 3.05) is 0 Å². The lowest BCUT2D eigenvalue weighted by molar-refractivity contribution is 0.447. The molecule has 2 heterocycles. The van der Waals surface area contributed by atoms with Gasteiger partial charge in [0.25, 0.3) is 0 Å². The van der Waals surface area contributed by atoms with Crippen molar-refractivity contribution in [1.82, 2.24) is 0 Å². The van der Waals surface area contributed by atoms with E-state index in [0.717, 1.165) is 11.1 Å². The minimum atomic E-state index is -0.761. The van der Waals surface area contributed by atoms with E-state index in [4.69, 9.17) is 8.83 Å². The summed E-state index contributed by atoms with van der Waals surface area (Å²) in [6.45, 7) is 7.13. The van der Waals surface area contributed by atoms with Crippen molar-refractivity contribution < 1.29 is 19.0 Å². The Morgan fingerprint density at radius 1 is 0.655 bits per heavy atom. The highest BCUT2D eigenvalue weighted by Crippen LogP contribution is 2.35. The standard InChI is InChI=1S/C23H20O6/c1-10-5-7-12(3)20-16(10)18(24)14(22(26)28-20)9-15-19(25)17-11(2)6-8-13(4)21(17)29-23(15)27/h5-8,24-25H,9H2,1-4H3. The zero-order chi connectivity index (χ0) is 21.0. The average Bonchev–Trinajstić information content (AvgIpc) is 2.66. The SMILES string of the molecule is Cc1ccc(C)c2c(O)c(Cc3c(O)c4c(C)ccc(C)c4oc3=O)c(=O)oc12. The molecule has 6 nitrogen and oxygen atoms in total. The van der Waals surface area contributed by atoms with Crippen molar-refractivity contribution in [1.29, 1.82) is 0 Å². The van der Waals surface area contributed by atoms with Gasteiger partial charge in [-0.15, -0.1) is 0 Å². The smallest absolute Gasteiger partial charge is 0.343 e. The van der Waals surface area contributed by atoms with Gasteiger partial charge in [-0.05, 0) is 49.9 Å². The number of hydrogen-bond donors (Lipinski definition) is 2. The van der Waals surface area contributed by atoms with E-state index in [1.54, 1.807) is 39.8 Å². The molecule has 4 aromatic rings. The van der Waals surface area contributed by atoms with Crippen LogP contribution in [0.15, 0.2) is 42.7 Å². The highest BCUT2D eigenvalue weighted by molar-refractivity contribution is 5.91. The maximum Gasteiger partial charge on any atom is 0.343 e. The van der Waals surface area contributed by atoms with Gasteiger partial charge in [-0.2, -0.15) is 0 Å². The van der Waals surface area contributed by atoms with Crippen molar-refractivity contribution >= 4 is 21.9 Å². The number of rotatable bonds is 2. The van der Waals surface area contributed by atoms with Crippen molar-refractivity contribution in [2.24, 2.45) is 0 Å². The Balaban J connectivity index is 2.00. The van der Waals surface area contributed by atoms with Crippen LogP contribution in [0, 0.1) is 27.7 Å². The second-order valence-corrected chi connectivity index (χ2v) is 7.42. The lowest BCUT2D eigenvalue weighted by Gasteiger charge is -2.12. The summed E-state index contributed by atoms with van der Waals surface area (Å²) in [4.78, 5) is 25.2. The summed E-state index contributed by atoms with van der Waals surface area (Å²) < 4.78 is 10.9. The topological polar surface area (TPSA) is 101 Å². The molecule has 2 N–H and O–H groups in total. The highest BCUT2D eigenvalue weighted by Gasteiger charge is 2.23. The molecule has 0 saturated heterocycles. The molecule has 148 valence electrons. The van der Waals surface area contributed by atoms with E-state index in [1.165, 1.54) is 0 Å². The second-order valence-electron chi connectivity index (χ2n) is 7.42. The van der Waals surface area contributed by atoms with Crippen LogP contribution in [0.25, 0.3) is 21.9 Å². The van der Waals surface area contributed by atoms with Crippen LogP contribution >= 0.6 is 0 Å². The lowest BCUT2D eigenvalue weighted by Crippen LogP contribution is -2.15. The van der Waals surface area contributed by atoms with E-state index in [2.05, 4.69) is 0 Å². The fourth-order valence-corrected chi connectivity index (χ4v) is 3.71. The normalized spacial score (nSPS) is 11.4. The summed E-state index contributed by atoms with van der Waals surface area (Å²) in [5.74, 6) is -0.505. The third-order valence-electron chi connectivity index (χ3n) is 5.41. The first-order valence-corrected chi connectivity index (χ1v) is 9.20. The van der Waals surface area contributed by atoms with E-state index in [9.17, 15) is 19.8 Å². The predicted molar refractivity (Wildman–Crippen MR) is 110 cm³/mol. The number of aromatic hydroxyl groups is 2. The molecule has 0 saturated carbocycles. The summed E-state index contributed by atoms with van der Waals surface area (Å²) in [6, 6.07) is 7.23. The minimum absolute atomic E-state index is 0.0987. The van der Waals surface area contributed by atoms with Crippen LogP contribution in [0.4, 0.5) is 0 Å². The molecule has 0 bridgehead atoms. The van der Waals surface area contributed by atoms with Gasteiger partial charge in [-0.25, -0.2) is 9.59 Å². The largest absolute Gasteiger partial charge is 0.507 e. The zero-order valence-electron chi connectivity index (χ0n) is 16.5. The molecule has 4 rings (SSSR count). The third kappa shape index (κ3) is 2.79. The van der Waals surface area contributed by atoms with E-state index in [0.29, 0.717) is 33.1 Å². The Morgan fingerprint density at radius 2 is 1.00 bits per heavy atom. The minimum Gasteiger partial charge on any atom is -0.507 e. The van der Waals surface area contributed by atoms with E-state index >= 15 is 0 Å². The van der Waals surface area contributed by atoms with Crippen LogP contribution in [0.2, 0.25) is 0 Å². The molecule has 0 unspecified atom stereocenters. The Kier molecular flexibility index (Phi) is 4.22. The number of benzene rings is 2. The molecular formula is C23H20O6. The van der Waals surface area contributed by atoms with Gasteiger partial charge in [0.1, 0.15) is 22.7 Å². The van der Waals surface area contributed by atoms with Crippen molar-refractivity contribution in [3.05, 3.63) is 78.5 Å². The van der Waals surface area contributed by atoms with Gasteiger partial charge < -0.3 is 19.0 Å². The predicted octanol–water partition coefficient (Wildman–Crippen LogP) is 4.14. The summed E-state index contributed by atoms with van der Waals surface area (Å²) in [6.07, 6.45) is -0.311. The molecule has 0 aliphatic heterocycles. The second kappa shape index (κ2) is 6.51. The summed E-state index contributed by atoms with van der Waals surface area (Å²) in [5.41, 5.74) is 1.77. The lowest BCUT2D eigenvalue weighted by atomic mass is 9.98. The first-order valence-electron chi connectivity index (χ1n) is 9.20. The molecule has 2 aromatic heterocycles. The highest BCUT2D eigenvalue weighted by atomic mass is 16.4. The average molecular weight is 392 g/mol. The molecule has 0 spiro atoms. The first-order chi connectivity index (χ1) is 13.7. The Morgan fingerprint density at radius 3 is 1.38 bits per heavy atom. The summed E-state index contributed by atoms with van der Waals surface area (Å²) in [7, 11) is 0. The molecular weight excluding hydrogens is 372 g/mol. The fourth-order valence-electron chi connectivity index (χ4n) is 3.71. The van der Waals surface area contributed by atoms with Crippen LogP contribution in [-0.2, 0) is 6.42 Å². The van der Waals surface area contributed by atoms with Gasteiger partial charge in [0.2, 0.25) is 0 Å². The van der Waals surface area contributed by atoms with Gasteiger partial charge in [-0.3, -0.25) is 0 Å². The van der Waals surface area contributed by atoms with Crippen LogP contribution in [-0.4, -0.2) is 10.2 Å². The molecule has 6 heteroatoms. The van der Waals surface area contributed by atoms with Crippen molar-refractivity contribution in [3.8, 4) is 11.5 Å². The van der Waals surface area contributed by atoms with Gasteiger partial charge in [-0.1, -0.05) is 24.3 Å². The number of aryl methyl sites for hydroxylation is 4. The zero-order valence-corrected chi connectivity index (χ0v) is 16.5. The number of hydrogen-bond acceptors (Lipinski definition) is 6. The van der Waals surface area contributed by atoms with Gasteiger partial charge in [0, 0.05) is 6.42 Å². The van der Waals surface area contributed by atoms with Crippen LogP contribution in [0.1, 0.15) is 33.4 Å². The van der Waals surface area contributed by atoms with E-state index in [-0.39, 0.29) is 29.0 Å². The quantitative estimate of drug-likeness (QED) is 0.497. The molecule has 0 aliphatic rings. The van der Waals surface area contributed by atoms with Gasteiger partial charge >= 0.3 is 11.3 Å². The van der Waals surface area contributed by atoms with Crippen LogP contribution < -0.4 is 11.3 Å². The molecule has 29 heavy (non-hydrogen) atoms. The van der Waals surface area contributed by atoms with Gasteiger partial charge in [0.15, 0.2) is 0 Å². The Hall–Kier alpha value is -3.54. The first kappa shape index (κ1) is 18.8. The molecule has 0 atom stereocenters. The summed E-state index contributed by atoms with van der Waals surface area (Å²) in [5, 5.41) is 22.5. The maximum absolute atomic E-state index is 12.6. The molecule has 2 aromatic carbocycles. The monoisotopic (exact) mass is 392 g/mol. The fraction of sp³-hybridized carbons (Fsp3) is 0.217. The third-order valence-corrected chi connectivity index (χ3v) is 5.41.